The number of unbranched alkanes of at least 4 members (excludes halogenated alkanes) is 10. The highest BCUT2D eigenvalue weighted by molar-refractivity contribution is 5.88. The zero-order valence-electron chi connectivity index (χ0n) is 37.8. The van der Waals surface area contributed by atoms with Crippen molar-refractivity contribution >= 4 is 34.5 Å². The summed E-state index contributed by atoms with van der Waals surface area (Å²) >= 11 is 0. The van der Waals surface area contributed by atoms with Crippen LogP contribution < -0.4 is 9.80 Å². The van der Waals surface area contributed by atoms with Crippen LogP contribution in [-0.2, 0) is 5.41 Å². The zero-order chi connectivity index (χ0) is 42.6. The van der Waals surface area contributed by atoms with E-state index in [4.69, 9.17) is 0 Å². The van der Waals surface area contributed by atoms with Gasteiger partial charge in [0.15, 0.2) is 0 Å². The molecule has 61 heavy (non-hydrogen) atoms. The number of hydrogen-bond donors (Lipinski definition) is 0. The normalized spacial score (nSPS) is 14.9. The Labute approximate surface area is 369 Å². The number of rotatable bonds is 22. The predicted octanol–water partition coefficient (Wildman–Crippen LogP) is 18.0. The van der Waals surface area contributed by atoms with Crippen LogP contribution in [0.4, 0.5) is 28.4 Å². The Morgan fingerprint density at radius 1 is 0.557 bits per heavy atom. The van der Waals surface area contributed by atoms with Gasteiger partial charge in [0.05, 0.1) is 0 Å². The molecule has 0 N–H and O–H groups in total. The van der Waals surface area contributed by atoms with Crippen LogP contribution in [0.15, 0.2) is 152 Å². The van der Waals surface area contributed by atoms with Crippen molar-refractivity contribution in [3.63, 3.8) is 0 Å². The molecule has 0 heterocycles. The maximum atomic E-state index is 4.20. The monoisotopic (exact) mass is 807 g/mol. The highest BCUT2D eigenvalue weighted by Gasteiger charge is 2.43. The predicted molar refractivity (Wildman–Crippen MR) is 267 cm³/mol. The van der Waals surface area contributed by atoms with Crippen LogP contribution in [-0.4, -0.2) is 0 Å². The van der Waals surface area contributed by atoms with Gasteiger partial charge in [-0.15, -0.1) is 6.58 Å². The van der Waals surface area contributed by atoms with E-state index >= 15 is 0 Å². The third kappa shape index (κ3) is 10.1. The number of nitrogens with zero attached hydrogens (tertiary/aromatic N) is 2. The summed E-state index contributed by atoms with van der Waals surface area (Å²) in [6.45, 7) is 17.4. The van der Waals surface area contributed by atoms with Gasteiger partial charge in [0, 0.05) is 45.5 Å². The molecule has 0 aromatic heterocycles. The Bertz CT molecular complexity index is 2310. The fourth-order valence-corrected chi connectivity index (χ4v) is 10.1. The summed E-state index contributed by atoms with van der Waals surface area (Å²) in [5.74, 6) is 0.312. The first-order valence-corrected chi connectivity index (χ1v) is 23.6. The van der Waals surface area contributed by atoms with Gasteiger partial charge < -0.3 is 9.80 Å². The number of aryl methyl sites for hydroxylation is 2. The first-order chi connectivity index (χ1) is 29.9. The number of allylic oxidation sites excluding steroid dienone is 5. The molecule has 1 atom stereocenters. The van der Waals surface area contributed by atoms with E-state index in [0.29, 0.717) is 5.92 Å². The van der Waals surface area contributed by atoms with E-state index in [9.17, 15) is 0 Å². The third-order valence-corrected chi connectivity index (χ3v) is 13.3. The highest BCUT2D eigenvalue weighted by Crippen LogP contribution is 2.57. The highest BCUT2D eigenvalue weighted by atomic mass is 15.2. The molecule has 7 rings (SSSR count). The van der Waals surface area contributed by atoms with Crippen LogP contribution in [0.3, 0.4) is 0 Å². The topological polar surface area (TPSA) is 6.48 Å². The van der Waals surface area contributed by atoms with E-state index in [2.05, 4.69) is 184 Å². The second-order valence-electron chi connectivity index (χ2n) is 17.9. The van der Waals surface area contributed by atoms with E-state index in [1.165, 1.54) is 139 Å². The van der Waals surface area contributed by atoms with Gasteiger partial charge >= 0.3 is 0 Å². The molecule has 5 aromatic rings. The minimum absolute atomic E-state index is 0.101. The lowest BCUT2D eigenvalue weighted by molar-refractivity contribution is 0.398. The largest absolute Gasteiger partial charge is 0.314 e. The van der Waals surface area contributed by atoms with Crippen LogP contribution in [0.25, 0.3) is 17.2 Å². The van der Waals surface area contributed by atoms with Crippen molar-refractivity contribution in [2.24, 2.45) is 5.92 Å². The molecule has 0 bridgehead atoms. The quantitative estimate of drug-likeness (QED) is 0.0508. The van der Waals surface area contributed by atoms with Crippen molar-refractivity contribution in [2.45, 2.75) is 129 Å². The average Bonchev–Trinajstić information content (AvgIpc) is 3.54. The minimum atomic E-state index is -0.101. The van der Waals surface area contributed by atoms with Crippen LogP contribution >= 0.6 is 0 Å². The minimum Gasteiger partial charge on any atom is -0.314 e. The molecule has 0 fully saturated rings. The van der Waals surface area contributed by atoms with Gasteiger partial charge in [-0.25, -0.2) is 0 Å². The molecule has 5 aromatic carbocycles. The summed E-state index contributed by atoms with van der Waals surface area (Å²) in [7, 11) is 0. The van der Waals surface area contributed by atoms with Crippen molar-refractivity contribution < 1.29 is 0 Å². The van der Waals surface area contributed by atoms with Crippen molar-refractivity contribution in [1.29, 1.82) is 0 Å². The van der Waals surface area contributed by atoms with Crippen molar-refractivity contribution in [1.82, 2.24) is 0 Å². The number of anilines is 5. The van der Waals surface area contributed by atoms with Crippen LogP contribution in [0.2, 0.25) is 0 Å². The summed E-state index contributed by atoms with van der Waals surface area (Å²) < 4.78 is 0. The lowest BCUT2D eigenvalue weighted by Crippen LogP contribution is -2.27. The molecule has 0 amide bonds. The summed E-state index contributed by atoms with van der Waals surface area (Å²) in [5.41, 5.74) is 16.7. The van der Waals surface area contributed by atoms with E-state index in [1.54, 1.807) is 0 Å². The molecule has 0 saturated heterocycles. The summed E-state index contributed by atoms with van der Waals surface area (Å²) in [5, 5.41) is 0. The molecule has 1 unspecified atom stereocenters. The van der Waals surface area contributed by atoms with Crippen LogP contribution in [0.5, 0.6) is 0 Å². The van der Waals surface area contributed by atoms with Crippen molar-refractivity contribution in [3.05, 3.63) is 180 Å². The molecule has 2 nitrogen and oxygen atoms in total. The Kier molecular flexibility index (Phi) is 15.0. The van der Waals surface area contributed by atoms with E-state index in [1.807, 2.05) is 6.08 Å². The van der Waals surface area contributed by atoms with Gasteiger partial charge in [-0.3, -0.25) is 0 Å². The van der Waals surface area contributed by atoms with Crippen LogP contribution in [0.1, 0.15) is 138 Å². The molecule has 0 aliphatic heterocycles. The standard InChI is InChI=1S/C59H70N2/c1-7-11-13-15-17-19-37-59(38-20-18-16-14-12-8-2)57-43-53(60(49-29-21-25-45(5)39-49)51-31-23-27-47(9-3)41-51)33-35-55(57)56-36-34-54(44-58(56)59)61(50-30-22-26-46(6)40-50)52-32-24-28-48(10-4)42-52/h9-10,21-36,39-41,43-44,48H,3-4,7-8,11-20,37-38,42H2,1-2,5-6H3. The summed E-state index contributed by atoms with van der Waals surface area (Å²) in [6.07, 6.45) is 29.6. The lowest BCUT2D eigenvalue weighted by atomic mass is 9.70. The smallest absolute Gasteiger partial charge is 0.0467 e. The molecule has 0 saturated carbocycles. The third-order valence-electron chi connectivity index (χ3n) is 13.3. The zero-order valence-corrected chi connectivity index (χ0v) is 37.8. The first-order valence-electron chi connectivity index (χ1n) is 23.6. The van der Waals surface area contributed by atoms with E-state index in [0.717, 1.165) is 30.5 Å². The maximum Gasteiger partial charge on any atom is 0.0467 e. The fraction of sp³-hybridized carbons (Fsp3) is 0.356. The van der Waals surface area contributed by atoms with Crippen molar-refractivity contribution in [3.8, 4) is 11.1 Å². The van der Waals surface area contributed by atoms with Gasteiger partial charge in [-0.1, -0.05) is 170 Å². The lowest BCUT2D eigenvalue weighted by Gasteiger charge is -2.36. The number of benzene rings is 5. The molecule has 2 heteroatoms. The average molecular weight is 807 g/mol. The van der Waals surface area contributed by atoms with E-state index in [-0.39, 0.29) is 5.41 Å². The summed E-state index contributed by atoms with van der Waals surface area (Å²) in [4.78, 5) is 5.00. The maximum absolute atomic E-state index is 4.20. The fourth-order valence-electron chi connectivity index (χ4n) is 10.1. The van der Waals surface area contributed by atoms with Gasteiger partial charge in [-0.05, 0) is 139 Å². The van der Waals surface area contributed by atoms with Crippen molar-refractivity contribution in [2.75, 3.05) is 9.80 Å². The Morgan fingerprint density at radius 2 is 1.05 bits per heavy atom. The number of hydrogen-bond acceptors (Lipinski definition) is 2. The SMILES string of the molecule is C=Cc1cccc(N(c2cccc(C)c2)c2ccc3c(c2)C(CCCCCCCC)(CCCCCCCC)c2cc(N(C4=CC=CC(C=C)C4)c4cccc(C)c4)ccc2-3)c1. The second kappa shape index (κ2) is 21.0. The van der Waals surface area contributed by atoms with E-state index < -0.39 is 0 Å². The van der Waals surface area contributed by atoms with Gasteiger partial charge in [0.1, 0.15) is 0 Å². The molecular weight excluding hydrogens is 737 g/mol. The second-order valence-corrected chi connectivity index (χ2v) is 17.9. The Balaban J connectivity index is 1.41. The Hall–Kier alpha value is -5.34. The van der Waals surface area contributed by atoms with Gasteiger partial charge in [0.2, 0.25) is 0 Å². The molecule has 0 spiro atoms. The number of fused-ring (bicyclic) bond motifs is 3. The molecular formula is C59H70N2. The summed E-state index contributed by atoms with van der Waals surface area (Å²) in [6, 6.07) is 41.7. The molecule has 2 aliphatic rings. The molecule has 316 valence electrons. The molecule has 2 aliphatic carbocycles. The molecule has 0 radical (unpaired) electrons. The van der Waals surface area contributed by atoms with Crippen LogP contribution in [0, 0.1) is 19.8 Å². The Morgan fingerprint density at radius 3 is 1.59 bits per heavy atom. The van der Waals surface area contributed by atoms with Gasteiger partial charge in [-0.2, -0.15) is 0 Å². The first kappa shape index (κ1) is 43.7. The van der Waals surface area contributed by atoms with Gasteiger partial charge in [0.25, 0.3) is 0 Å².